The fraction of sp³-hybridized carbons (Fsp3) is 1.00. The maximum atomic E-state index is 3.56. The summed E-state index contributed by atoms with van der Waals surface area (Å²) >= 11 is 0. The summed E-state index contributed by atoms with van der Waals surface area (Å²) in [5, 5.41) is 3.56. The summed E-state index contributed by atoms with van der Waals surface area (Å²) in [4.78, 5) is 0. The molecular weight excluding hydrogens is 122 g/mol. The second-order valence-electron chi connectivity index (χ2n) is 4.38. The number of fused-ring (bicyclic) bond motifs is 1. The number of piperidine rings is 1. The second-order valence-corrected chi connectivity index (χ2v) is 4.38. The molecule has 0 aromatic heterocycles. The molecule has 0 bridgehead atoms. The molecule has 1 saturated carbocycles. The first-order chi connectivity index (χ1) is 4.68. The zero-order chi connectivity index (χ0) is 7.35. The molecule has 1 aliphatic carbocycles. The van der Waals surface area contributed by atoms with Crippen LogP contribution in [-0.2, 0) is 0 Å². The van der Waals surface area contributed by atoms with Gasteiger partial charge in [-0.25, -0.2) is 0 Å². The van der Waals surface area contributed by atoms with E-state index in [1.807, 2.05) is 0 Å². The van der Waals surface area contributed by atoms with Gasteiger partial charge >= 0.3 is 0 Å². The van der Waals surface area contributed by atoms with Crippen LogP contribution in [0.1, 0.15) is 27.2 Å². The van der Waals surface area contributed by atoms with Gasteiger partial charge in [-0.05, 0) is 30.2 Å². The molecule has 1 nitrogen and oxygen atoms in total. The average Bonchev–Trinajstić information content (AvgIpc) is 2.28. The van der Waals surface area contributed by atoms with Crippen molar-refractivity contribution in [1.82, 2.24) is 5.32 Å². The lowest BCUT2D eigenvalue weighted by Crippen LogP contribution is -2.29. The predicted molar refractivity (Wildman–Crippen MR) is 42.8 cm³/mol. The van der Waals surface area contributed by atoms with Crippen LogP contribution in [0.4, 0.5) is 0 Å². The van der Waals surface area contributed by atoms with Crippen molar-refractivity contribution in [3.05, 3.63) is 0 Å². The predicted octanol–water partition coefficient (Wildman–Crippen LogP) is 1.64. The minimum Gasteiger partial charge on any atom is -0.313 e. The molecule has 0 amide bonds. The molecule has 2 rings (SSSR count). The van der Waals surface area contributed by atoms with Gasteiger partial charge in [0.25, 0.3) is 0 Å². The lowest BCUT2D eigenvalue weighted by molar-refractivity contribution is 0.394. The van der Waals surface area contributed by atoms with Gasteiger partial charge in [0, 0.05) is 6.04 Å². The van der Waals surface area contributed by atoms with Gasteiger partial charge in [0.1, 0.15) is 0 Å². The molecule has 1 heteroatoms. The number of nitrogens with one attached hydrogen (secondary N) is 1. The molecule has 0 aromatic rings. The molecule has 1 N–H and O–H groups in total. The Balaban J connectivity index is 2.07. The highest BCUT2D eigenvalue weighted by atomic mass is 15.0. The van der Waals surface area contributed by atoms with Crippen LogP contribution in [0.15, 0.2) is 0 Å². The van der Waals surface area contributed by atoms with E-state index in [2.05, 4.69) is 26.1 Å². The number of rotatable bonds is 1. The molecule has 10 heavy (non-hydrogen) atoms. The lowest BCUT2D eigenvalue weighted by Gasteiger charge is -2.16. The van der Waals surface area contributed by atoms with Crippen molar-refractivity contribution in [3.8, 4) is 0 Å². The summed E-state index contributed by atoms with van der Waals surface area (Å²) in [5.74, 6) is 2.00. The largest absolute Gasteiger partial charge is 0.313 e. The molecule has 1 saturated heterocycles. The number of hydrogen-bond acceptors (Lipinski definition) is 1. The first-order valence-electron chi connectivity index (χ1n) is 4.41. The highest BCUT2D eigenvalue weighted by Gasteiger charge is 2.63. The van der Waals surface area contributed by atoms with Crippen LogP contribution in [0.2, 0.25) is 0 Å². The van der Waals surface area contributed by atoms with Crippen LogP contribution in [0, 0.1) is 17.3 Å². The van der Waals surface area contributed by atoms with Crippen molar-refractivity contribution in [1.29, 1.82) is 0 Å². The van der Waals surface area contributed by atoms with Crippen molar-refractivity contribution in [2.45, 2.75) is 33.2 Å². The fourth-order valence-corrected chi connectivity index (χ4v) is 2.78. The quantitative estimate of drug-likeness (QED) is 0.582. The molecule has 0 aromatic carbocycles. The Morgan fingerprint density at radius 1 is 1.50 bits per heavy atom. The molecule has 0 spiro atoms. The standard InChI is InChI=1S/C9H17N/c1-4-7-8-6(5-10-7)9(8,2)3/h6-8,10H,4-5H2,1-3H3. The Morgan fingerprint density at radius 2 is 2.20 bits per heavy atom. The van der Waals surface area contributed by atoms with E-state index in [-0.39, 0.29) is 0 Å². The molecule has 1 heterocycles. The Hall–Kier alpha value is -0.0400. The maximum absolute atomic E-state index is 3.56. The highest BCUT2D eigenvalue weighted by Crippen LogP contribution is 2.62. The van der Waals surface area contributed by atoms with Gasteiger partial charge in [-0.2, -0.15) is 0 Å². The fourth-order valence-electron chi connectivity index (χ4n) is 2.78. The van der Waals surface area contributed by atoms with E-state index in [0.29, 0.717) is 5.41 Å². The normalized spacial score (nSPS) is 48.9. The van der Waals surface area contributed by atoms with Gasteiger partial charge < -0.3 is 5.32 Å². The smallest absolute Gasteiger partial charge is 0.0101 e. The van der Waals surface area contributed by atoms with Crippen LogP contribution in [0.25, 0.3) is 0 Å². The van der Waals surface area contributed by atoms with Crippen LogP contribution in [0.3, 0.4) is 0 Å². The Morgan fingerprint density at radius 3 is 2.50 bits per heavy atom. The van der Waals surface area contributed by atoms with E-state index in [1.54, 1.807) is 0 Å². The first-order valence-corrected chi connectivity index (χ1v) is 4.41. The summed E-state index contributed by atoms with van der Waals surface area (Å²) in [5.41, 5.74) is 0.673. The van der Waals surface area contributed by atoms with Crippen LogP contribution in [-0.4, -0.2) is 12.6 Å². The SMILES string of the molecule is CCC1NCC2C1C2(C)C. The highest BCUT2D eigenvalue weighted by molar-refractivity contribution is 5.14. The average molecular weight is 139 g/mol. The molecule has 1 aliphatic heterocycles. The Labute approximate surface area is 63.2 Å². The van der Waals surface area contributed by atoms with Gasteiger partial charge in [-0.15, -0.1) is 0 Å². The van der Waals surface area contributed by atoms with E-state index in [0.717, 1.165) is 17.9 Å². The van der Waals surface area contributed by atoms with E-state index >= 15 is 0 Å². The minimum absolute atomic E-state index is 0.673. The summed E-state index contributed by atoms with van der Waals surface area (Å²) in [6.07, 6.45) is 1.31. The van der Waals surface area contributed by atoms with Gasteiger partial charge in [-0.1, -0.05) is 20.8 Å². The van der Waals surface area contributed by atoms with Crippen molar-refractivity contribution in [2.75, 3.05) is 6.54 Å². The summed E-state index contributed by atoms with van der Waals surface area (Å²) in [6.45, 7) is 8.38. The third-order valence-electron chi connectivity index (χ3n) is 3.61. The molecule has 2 fully saturated rings. The minimum atomic E-state index is 0.673. The second kappa shape index (κ2) is 1.76. The van der Waals surface area contributed by atoms with Crippen LogP contribution in [0.5, 0.6) is 0 Å². The van der Waals surface area contributed by atoms with Crippen molar-refractivity contribution < 1.29 is 0 Å². The van der Waals surface area contributed by atoms with E-state index in [9.17, 15) is 0 Å². The Bertz CT molecular complexity index is 151. The molecule has 58 valence electrons. The summed E-state index contributed by atoms with van der Waals surface area (Å²) < 4.78 is 0. The van der Waals surface area contributed by atoms with Crippen molar-refractivity contribution in [2.24, 2.45) is 17.3 Å². The van der Waals surface area contributed by atoms with Crippen LogP contribution < -0.4 is 5.32 Å². The molecule has 3 atom stereocenters. The van der Waals surface area contributed by atoms with E-state index < -0.39 is 0 Å². The van der Waals surface area contributed by atoms with E-state index in [4.69, 9.17) is 0 Å². The van der Waals surface area contributed by atoms with Gasteiger partial charge in [-0.3, -0.25) is 0 Å². The van der Waals surface area contributed by atoms with Crippen molar-refractivity contribution in [3.63, 3.8) is 0 Å². The maximum Gasteiger partial charge on any atom is 0.0101 e. The van der Waals surface area contributed by atoms with Crippen LogP contribution >= 0.6 is 0 Å². The monoisotopic (exact) mass is 139 g/mol. The van der Waals surface area contributed by atoms with Gasteiger partial charge in [0.2, 0.25) is 0 Å². The van der Waals surface area contributed by atoms with Gasteiger partial charge in [0.05, 0.1) is 0 Å². The van der Waals surface area contributed by atoms with Gasteiger partial charge in [0.15, 0.2) is 0 Å². The van der Waals surface area contributed by atoms with E-state index in [1.165, 1.54) is 13.0 Å². The molecular formula is C9H17N. The topological polar surface area (TPSA) is 12.0 Å². The Kier molecular flexibility index (Phi) is 1.17. The lowest BCUT2D eigenvalue weighted by atomic mass is 10.0. The third kappa shape index (κ3) is 0.619. The van der Waals surface area contributed by atoms with Crippen molar-refractivity contribution >= 4 is 0 Å². The zero-order valence-electron chi connectivity index (χ0n) is 7.15. The summed E-state index contributed by atoms with van der Waals surface area (Å²) in [6, 6.07) is 0.833. The number of hydrogen-bond donors (Lipinski definition) is 1. The first kappa shape index (κ1) is 6.66. The zero-order valence-corrected chi connectivity index (χ0v) is 7.15. The molecule has 2 aliphatic rings. The third-order valence-corrected chi connectivity index (χ3v) is 3.61. The summed E-state index contributed by atoms with van der Waals surface area (Å²) in [7, 11) is 0. The molecule has 3 unspecified atom stereocenters. The molecule has 0 radical (unpaired) electrons.